The van der Waals surface area contributed by atoms with Crippen molar-refractivity contribution in [1.82, 2.24) is 0 Å². The average Bonchev–Trinajstić information content (AvgIpc) is 3.12. The monoisotopic (exact) mass is 354 g/mol. The Kier molecular flexibility index (Phi) is 4.53. The number of hydrogen-bond acceptors (Lipinski definition) is 3. The maximum absolute atomic E-state index is 13.9. The van der Waals surface area contributed by atoms with Crippen molar-refractivity contribution in [3.8, 4) is 0 Å². The van der Waals surface area contributed by atoms with E-state index in [-0.39, 0.29) is 24.1 Å². The molecule has 0 spiro atoms. The highest BCUT2D eigenvalue weighted by Gasteiger charge is 2.26. The molecule has 1 fully saturated rings. The molecular formula is C21H20F2N2O. The Morgan fingerprint density at radius 3 is 2.19 bits per heavy atom. The van der Waals surface area contributed by atoms with Crippen LogP contribution in [0.25, 0.3) is 0 Å². The third-order valence-electron chi connectivity index (χ3n) is 5.21. The molecule has 134 valence electrons. The Balaban J connectivity index is 1.52. The standard InChI is InChI=1S/C21H20F2N2O/c22-17-2-1-3-18(23)20(17)21-25-19(12-26-21)15-6-4-13(5-7-15)14-8-10-16(24)11-9-14/h1-7,14,19,24H,8-12H2. The minimum Gasteiger partial charge on any atom is -0.475 e. The fraction of sp³-hybridized carbons (Fsp3) is 0.333. The zero-order valence-corrected chi connectivity index (χ0v) is 14.3. The molecule has 0 saturated heterocycles. The molecule has 2 aromatic carbocycles. The highest BCUT2D eigenvalue weighted by atomic mass is 19.1. The quantitative estimate of drug-likeness (QED) is 0.813. The molecule has 1 heterocycles. The van der Waals surface area contributed by atoms with Gasteiger partial charge in [0.2, 0.25) is 5.90 Å². The summed E-state index contributed by atoms with van der Waals surface area (Å²) >= 11 is 0. The lowest BCUT2D eigenvalue weighted by Crippen LogP contribution is -2.11. The maximum atomic E-state index is 13.9. The van der Waals surface area contributed by atoms with Crippen molar-refractivity contribution in [1.29, 1.82) is 5.41 Å². The average molecular weight is 354 g/mol. The zero-order valence-electron chi connectivity index (χ0n) is 14.3. The molecule has 0 bridgehead atoms. The Morgan fingerprint density at radius 2 is 1.54 bits per heavy atom. The summed E-state index contributed by atoms with van der Waals surface area (Å²) < 4.78 is 33.3. The summed E-state index contributed by atoms with van der Waals surface area (Å²) in [5.74, 6) is -0.796. The number of hydrogen-bond donors (Lipinski definition) is 1. The Hall–Kier alpha value is -2.56. The van der Waals surface area contributed by atoms with Gasteiger partial charge in [-0.25, -0.2) is 13.8 Å². The SMILES string of the molecule is N=C1CCC(c2ccc(C3COC(c4c(F)cccc4F)=N3)cc2)CC1. The van der Waals surface area contributed by atoms with Gasteiger partial charge in [-0.1, -0.05) is 30.3 Å². The van der Waals surface area contributed by atoms with E-state index >= 15 is 0 Å². The molecule has 0 aromatic heterocycles. The first kappa shape index (κ1) is 16.9. The van der Waals surface area contributed by atoms with Gasteiger partial charge in [-0.05, 0) is 54.9 Å². The second-order valence-electron chi connectivity index (χ2n) is 6.90. The van der Waals surface area contributed by atoms with Gasteiger partial charge in [-0.15, -0.1) is 0 Å². The number of rotatable bonds is 3. The first-order chi connectivity index (χ1) is 12.6. The molecule has 4 rings (SSSR count). The van der Waals surface area contributed by atoms with Gasteiger partial charge in [0.15, 0.2) is 0 Å². The third-order valence-corrected chi connectivity index (χ3v) is 5.21. The van der Waals surface area contributed by atoms with E-state index in [1.165, 1.54) is 23.8 Å². The number of ether oxygens (including phenoxy) is 1. The molecule has 1 aliphatic carbocycles. The maximum Gasteiger partial charge on any atom is 0.222 e. The molecule has 1 aliphatic heterocycles. The highest BCUT2D eigenvalue weighted by molar-refractivity contribution is 5.95. The van der Waals surface area contributed by atoms with Gasteiger partial charge in [-0.3, -0.25) is 0 Å². The molecule has 0 radical (unpaired) electrons. The summed E-state index contributed by atoms with van der Waals surface area (Å²) in [5, 5.41) is 7.73. The van der Waals surface area contributed by atoms with Crippen molar-refractivity contribution in [2.45, 2.75) is 37.6 Å². The van der Waals surface area contributed by atoms with Gasteiger partial charge in [0, 0.05) is 5.71 Å². The molecule has 5 heteroatoms. The summed E-state index contributed by atoms with van der Waals surface area (Å²) in [7, 11) is 0. The fourth-order valence-corrected chi connectivity index (χ4v) is 3.67. The summed E-state index contributed by atoms with van der Waals surface area (Å²) in [6.45, 7) is 0.281. The van der Waals surface area contributed by atoms with Crippen LogP contribution in [0.5, 0.6) is 0 Å². The normalized spacial score (nSPS) is 22.8. The van der Waals surface area contributed by atoms with E-state index in [2.05, 4.69) is 17.1 Å². The zero-order chi connectivity index (χ0) is 18.1. The Bertz CT molecular complexity index is 831. The molecule has 0 amide bonds. The number of benzene rings is 2. The van der Waals surface area contributed by atoms with Crippen LogP contribution in [0.15, 0.2) is 47.5 Å². The molecule has 2 aliphatic rings. The lowest BCUT2D eigenvalue weighted by Gasteiger charge is -2.23. The largest absolute Gasteiger partial charge is 0.475 e. The van der Waals surface area contributed by atoms with E-state index in [0.29, 0.717) is 5.92 Å². The van der Waals surface area contributed by atoms with Crippen LogP contribution in [0.2, 0.25) is 0 Å². The van der Waals surface area contributed by atoms with E-state index < -0.39 is 11.6 Å². The molecule has 1 atom stereocenters. The van der Waals surface area contributed by atoms with Crippen LogP contribution in [0, 0.1) is 17.0 Å². The highest BCUT2D eigenvalue weighted by Crippen LogP contribution is 2.33. The van der Waals surface area contributed by atoms with Crippen LogP contribution in [0.1, 0.15) is 54.3 Å². The molecule has 1 N–H and O–H groups in total. The number of aliphatic imine (C=N–C) groups is 1. The van der Waals surface area contributed by atoms with Gasteiger partial charge >= 0.3 is 0 Å². The third kappa shape index (κ3) is 3.26. The van der Waals surface area contributed by atoms with Crippen molar-refractivity contribution in [2.24, 2.45) is 4.99 Å². The van der Waals surface area contributed by atoms with Crippen LogP contribution in [0.3, 0.4) is 0 Å². The smallest absolute Gasteiger partial charge is 0.222 e. The van der Waals surface area contributed by atoms with E-state index in [0.717, 1.165) is 37.0 Å². The van der Waals surface area contributed by atoms with Crippen molar-refractivity contribution < 1.29 is 13.5 Å². The first-order valence-electron chi connectivity index (χ1n) is 8.93. The molecule has 1 saturated carbocycles. The van der Waals surface area contributed by atoms with Gasteiger partial charge < -0.3 is 10.1 Å². The summed E-state index contributed by atoms with van der Waals surface area (Å²) in [4.78, 5) is 4.39. The van der Waals surface area contributed by atoms with Gasteiger partial charge in [0.25, 0.3) is 0 Å². The van der Waals surface area contributed by atoms with Crippen LogP contribution in [-0.2, 0) is 4.74 Å². The van der Waals surface area contributed by atoms with Crippen molar-refractivity contribution in [2.75, 3.05) is 6.61 Å². The van der Waals surface area contributed by atoms with E-state index in [9.17, 15) is 8.78 Å². The molecule has 26 heavy (non-hydrogen) atoms. The fourth-order valence-electron chi connectivity index (χ4n) is 3.67. The van der Waals surface area contributed by atoms with Crippen LogP contribution < -0.4 is 0 Å². The Labute approximate surface area is 151 Å². The number of halogens is 2. The summed E-state index contributed by atoms with van der Waals surface area (Å²) in [6.07, 6.45) is 3.81. The van der Waals surface area contributed by atoms with Crippen LogP contribution in [0.4, 0.5) is 8.78 Å². The topological polar surface area (TPSA) is 45.4 Å². The molecule has 2 aromatic rings. The van der Waals surface area contributed by atoms with Crippen molar-refractivity contribution >= 4 is 11.6 Å². The lowest BCUT2D eigenvalue weighted by atomic mass is 9.83. The van der Waals surface area contributed by atoms with Crippen LogP contribution in [-0.4, -0.2) is 18.2 Å². The second kappa shape index (κ2) is 6.98. The minimum absolute atomic E-state index is 0.0282. The van der Waals surface area contributed by atoms with Crippen molar-refractivity contribution in [3.63, 3.8) is 0 Å². The Morgan fingerprint density at radius 1 is 0.923 bits per heavy atom. The van der Waals surface area contributed by atoms with E-state index in [1.54, 1.807) is 0 Å². The first-order valence-corrected chi connectivity index (χ1v) is 8.93. The summed E-state index contributed by atoms with van der Waals surface area (Å²) in [6, 6.07) is 11.7. The molecule has 3 nitrogen and oxygen atoms in total. The lowest BCUT2D eigenvalue weighted by molar-refractivity contribution is 0.317. The van der Waals surface area contributed by atoms with E-state index in [4.69, 9.17) is 10.1 Å². The van der Waals surface area contributed by atoms with Gasteiger partial charge in [0.1, 0.15) is 29.8 Å². The van der Waals surface area contributed by atoms with E-state index in [1.807, 2.05) is 12.1 Å². The van der Waals surface area contributed by atoms with Gasteiger partial charge in [-0.2, -0.15) is 0 Å². The predicted octanol–water partition coefficient (Wildman–Crippen LogP) is 5.16. The van der Waals surface area contributed by atoms with Gasteiger partial charge in [0.05, 0.1) is 0 Å². The summed E-state index contributed by atoms with van der Waals surface area (Å²) in [5.41, 5.74) is 2.91. The predicted molar refractivity (Wildman–Crippen MR) is 97.0 cm³/mol. The van der Waals surface area contributed by atoms with Crippen LogP contribution >= 0.6 is 0 Å². The second-order valence-corrected chi connectivity index (χ2v) is 6.90. The number of nitrogens with one attached hydrogen (secondary N) is 1. The molecule has 1 unspecified atom stereocenters. The molecular weight excluding hydrogens is 334 g/mol. The minimum atomic E-state index is -0.664. The number of nitrogens with zero attached hydrogens (tertiary/aromatic N) is 1. The van der Waals surface area contributed by atoms with Crippen molar-refractivity contribution in [3.05, 3.63) is 70.8 Å².